The minimum atomic E-state index is -3.80. The number of rotatable bonds is 2. The van der Waals surface area contributed by atoms with Gasteiger partial charge in [0.2, 0.25) is 0 Å². The van der Waals surface area contributed by atoms with Gasteiger partial charge < -0.3 is 4.55 Å². The maximum Gasteiger partial charge on any atom is 1.00 e. The molecular weight excluding hydrogens is 139 g/mol. The van der Waals surface area contributed by atoms with Crippen LogP contribution in [0.1, 0.15) is 13.3 Å². The molecule has 3 nitrogen and oxygen atoms in total. The summed E-state index contributed by atoms with van der Waals surface area (Å²) in [6.45, 7) is 1.63. The van der Waals surface area contributed by atoms with Crippen LogP contribution in [0.5, 0.6) is 0 Å². The van der Waals surface area contributed by atoms with Gasteiger partial charge >= 0.3 is 29.6 Å². The van der Waals surface area contributed by atoms with Crippen LogP contribution in [0.15, 0.2) is 0 Å². The summed E-state index contributed by atoms with van der Waals surface area (Å²) in [5.41, 5.74) is 0. The van der Waals surface area contributed by atoms with Gasteiger partial charge in [-0.3, -0.25) is 0 Å². The Morgan fingerprint density at radius 3 is 2.00 bits per heavy atom. The Morgan fingerprint density at radius 1 is 1.62 bits per heavy atom. The van der Waals surface area contributed by atoms with Gasteiger partial charge in [0.05, 0.1) is 0 Å². The van der Waals surface area contributed by atoms with Gasteiger partial charge in [0, 0.05) is 0 Å². The van der Waals surface area contributed by atoms with E-state index in [1.54, 1.807) is 6.92 Å². The molecule has 0 aliphatic carbocycles. The first-order valence-corrected chi connectivity index (χ1v) is 3.37. The standard InChI is InChI=1S/C3H7O3S.Na/c1-2-3-7(4,5)6;/h3H,2H2,1H3,(H,4,5,6);/q-1;+1. The summed E-state index contributed by atoms with van der Waals surface area (Å²) < 4.78 is 27.4. The monoisotopic (exact) mass is 146 g/mol. The van der Waals surface area contributed by atoms with Gasteiger partial charge in [-0.25, -0.2) is 8.42 Å². The van der Waals surface area contributed by atoms with E-state index in [1.165, 1.54) is 0 Å². The largest absolute Gasteiger partial charge is 1.00 e. The smallest absolute Gasteiger partial charge is 0.309 e. The molecule has 5 heteroatoms. The van der Waals surface area contributed by atoms with Crippen LogP contribution in [-0.4, -0.2) is 13.0 Å². The van der Waals surface area contributed by atoms with Gasteiger partial charge in [-0.15, -0.1) is 0 Å². The van der Waals surface area contributed by atoms with Crippen molar-refractivity contribution in [1.82, 2.24) is 0 Å². The Labute approximate surface area is 71.5 Å². The van der Waals surface area contributed by atoms with Crippen molar-refractivity contribution in [2.45, 2.75) is 13.3 Å². The van der Waals surface area contributed by atoms with E-state index in [-0.39, 0.29) is 29.6 Å². The van der Waals surface area contributed by atoms with Crippen LogP contribution in [0.25, 0.3) is 0 Å². The first-order chi connectivity index (χ1) is 3.06. The Morgan fingerprint density at radius 2 is 2.00 bits per heavy atom. The maximum atomic E-state index is 9.73. The van der Waals surface area contributed by atoms with E-state index in [9.17, 15) is 8.42 Å². The molecule has 0 radical (unpaired) electrons. The molecule has 0 atom stereocenters. The molecule has 0 saturated carbocycles. The topological polar surface area (TPSA) is 54.4 Å². The molecule has 8 heavy (non-hydrogen) atoms. The van der Waals surface area contributed by atoms with Crippen molar-refractivity contribution in [1.29, 1.82) is 0 Å². The second kappa shape index (κ2) is 4.76. The van der Waals surface area contributed by atoms with Gasteiger partial charge in [0.15, 0.2) is 0 Å². The van der Waals surface area contributed by atoms with E-state index in [0.717, 1.165) is 5.75 Å². The van der Waals surface area contributed by atoms with E-state index in [2.05, 4.69) is 0 Å². The van der Waals surface area contributed by atoms with Gasteiger partial charge in [-0.05, 0) is 0 Å². The molecular formula is C3H7NaO3S. The minimum Gasteiger partial charge on any atom is -0.309 e. The molecule has 0 saturated heterocycles. The van der Waals surface area contributed by atoms with Crippen molar-refractivity contribution in [2.75, 3.05) is 0 Å². The van der Waals surface area contributed by atoms with Crippen molar-refractivity contribution < 1.29 is 42.5 Å². The molecule has 1 N–H and O–H groups in total. The zero-order valence-electron chi connectivity index (χ0n) is 4.96. The van der Waals surface area contributed by atoms with Crippen LogP contribution in [0.4, 0.5) is 0 Å². The Kier molecular flexibility index (Phi) is 6.94. The fourth-order valence-electron chi connectivity index (χ4n) is 0.211. The third-order valence-electron chi connectivity index (χ3n) is 0.377. The van der Waals surface area contributed by atoms with Crippen molar-refractivity contribution in [3.05, 3.63) is 5.75 Å². The van der Waals surface area contributed by atoms with Crippen LogP contribution in [0.2, 0.25) is 0 Å². The van der Waals surface area contributed by atoms with E-state index >= 15 is 0 Å². The Balaban J connectivity index is 0. The predicted molar refractivity (Wildman–Crippen MR) is 26.1 cm³/mol. The summed E-state index contributed by atoms with van der Waals surface area (Å²) >= 11 is 0. The zero-order valence-corrected chi connectivity index (χ0v) is 7.77. The molecule has 0 amide bonds. The molecule has 0 fully saturated rings. The van der Waals surface area contributed by atoms with Crippen molar-refractivity contribution in [3.8, 4) is 0 Å². The summed E-state index contributed by atoms with van der Waals surface area (Å²) in [7, 11) is -3.80. The first kappa shape index (κ1) is 11.7. The Bertz CT molecular complexity index is 127. The van der Waals surface area contributed by atoms with Crippen molar-refractivity contribution in [3.63, 3.8) is 0 Å². The molecule has 44 valence electrons. The van der Waals surface area contributed by atoms with Gasteiger partial charge in [-0.1, -0.05) is 6.92 Å². The molecule has 0 bridgehead atoms. The third kappa shape index (κ3) is 10.0. The van der Waals surface area contributed by atoms with Gasteiger partial charge in [-0.2, -0.15) is 12.2 Å². The molecule has 0 aromatic rings. The molecule has 0 unspecified atom stereocenters. The molecule has 0 aromatic carbocycles. The normalized spacial score (nSPS) is 10.2. The summed E-state index contributed by atoms with van der Waals surface area (Å²) in [4.78, 5) is 0. The predicted octanol–water partition coefficient (Wildman–Crippen LogP) is -2.55. The van der Waals surface area contributed by atoms with Gasteiger partial charge in [0.1, 0.15) is 10.1 Å². The van der Waals surface area contributed by atoms with Crippen molar-refractivity contribution >= 4 is 10.1 Å². The molecule has 0 aliphatic rings. The second-order valence-electron chi connectivity index (χ2n) is 1.09. The van der Waals surface area contributed by atoms with Crippen LogP contribution in [0, 0.1) is 5.75 Å². The van der Waals surface area contributed by atoms with Crippen molar-refractivity contribution in [2.24, 2.45) is 0 Å². The van der Waals surface area contributed by atoms with E-state index in [1.807, 2.05) is 0 Å². The van der Waals surface area contributed by atoms with E-state index in [4.69, 9.17) is 4.55 Å². The average molecular weight is 146 g/mol. The number of hydrogen-bond donors (Lipinski definition) is 1. The van der Waals surface area contributed by atoms with E-state index in [0.29, 0.717) is 6.42 Å². The van der Waals surface area contributed by atoms with Crippen LogP contribution in [-0.2, 0) is 10.1 Å². The summed E-state index contributed by atoms with van der Waals surface area (Å²) in [6.07, 6.45) is 0.346. The third-order valence-corrected chi connectivity index (χ3v) is 1.13. The Hall–Kier alpha value is 0.910. The summed E-state index contributed by atoms with van der Waals surface area (Å²) in [5.74, 6) is 0.840. The fraction of sp³-hybridized carbons (Fsp3) is 0.667. The fourth-order valence-corrected chi connectivity index (χ4v) is 0.632. The minimum absolute atomic E-state index is 0. The average Bonchev–Trinajstić information content (AvgIpc) is 1.30. The summed E-state index contributed by atoms with van der Waals surface area (Å²) in [5, 5.41) is 0. The quantitative estimate of drug-likeness (QED) is 0.265. The summed E-state index contributed by atoms with van der Waals surface area (Å²) in [6, 6.07) is 0. The maximum absolute atomic E-state index is 9.73. The van der Waals surface area contributed by atoms with Crippen LogP contribution < -0.4 is 29.6 Å². The second-order valence-corrected chi connectivity index (χ2v) is 2.45. The molecule has 0 aromatic heterocycles. The van der Waals surface area contributed by atoms with Gasteiger partial charge in [0.25, 0.3) is 0 Å². The van der Waals surface area contributed by atoms with E-state index < -0.39 is 10.1 Å². The molecule has 0 spiro atoms. The van der Waals surface area contributed by atoms with Crippen LogP contribution in [0.3, 0.4) is 0 Å². The zero-order chi connectivity index (χ0) is 5.91. The molecule has 0 rings (SSSR count). The number of hydrogen-bond acceptors (Lipinski definition) is 2. The first-order valence-electron chi connectivity index (χ1n) is 1.87. The SMILES string of the molecule is CC[CH-]S(=O)(=O)O.[Na+]. The van der Waals surface area contributed by atoms with Crippen LogP contribution >= 0.6 is 0 Å². The molecule has 0 aliphatic heterocycles. The molecule has 0 heterocycles.